The Morgan fingerprint density at radius 2 is 1.46 bits per heavy atom. The van der Waals surface area contributed by atoms with Gasteiger partial charge >= 0.3 is 88.7 Å². The molecule has 52 heavy (non-hydrogen) atoms. The van der Waals surface area contributed by atoms with Crippen LogP contribution in [0.2, 0.25) is 0 Å². The first-order valence-electron chi connectivity index (χ1n) is 12.8. The molecular weight excluding hydrogens is 831 g/mol. The van der Waals surface area contributed by atoms with Crippen LogP contribution >= 0.6 is 24.1 Å². The average molecular weight is 851 g/mol. The number of aromatic hydroxyl groups is 1. The van der Waals surface area contributed by atoms with Gasteiger partial charge in [-0.3, -0.25) is 14.9 Å². The van der Waals surface area contributed by atoms with E-state index in [0.29, 0.717) is 34.4 Å². The second-order valence-corrected chi connectivity index (χ2v) is 11.9. The summed E-state index contributed by atoms with van der Waals surface area (Å²) in [7, 11) is -3.62. The standard InChI is InChI=1S/C27H23N5O13S3.Cu.3Na/c1-14(33)26(32-31-22-12-18(46-44-42-36)6-8-23(22)34)27(35)28-21-7-5-17(11-24(21)41-2)30-29-16-4-3-15-9-19(47-45-43-37)13-25(20(15)10-16)48(38,39)40;;;;/h3-13,33-34,36-37H,1-2H3,(H,28,35)(H,38,39,40);;;;/q;;3*+1/p-3. The van der Waals surface area contributed by atoms with Gasteiger partial charge in [-0.2, -0.15) is 18.9 Å². The number of carbonyl (C=O) groups excluding carboxylic acids is 1. The monoisotopic (exact) mass is 850 g/mol. The summed E-state index contributed by atoms with van der Waals surface area (Å²) in [5.74, 6) is -1.59. The third kappa shape index (κ3) is 14.5. The number of methoxy groups -OCH3 is 1. The number of anilines is 1. The van der Waals surface area contributed by atoms with Crippen LogP contribution in [0.1, 0.15) is 6.92 Å². The number of phenolic OH excluding ortho intramolecular Hbond substituents is 1. The number of ether oxygens (including phenoxy) is 1. The van der Waals surface area contributed by atoms with E-state index >= 15 is 0 Å². The summed E-state index contributed by atoms with van der Waals surface area (Å²) in [4.78, 5) is 12.9. The Labute approximate surface area is 381 Å². The number of allylic oxidation sites excluding steroid dienone is 1. The van der Waals surface area contributed by atoms with E-state index in [1.54, 1.807) is 0 Å². The third-order valence-electron chi connectivity index (χ3n) is 5.94. The predicted octanol–water partition coefficient (Wildman–Crippen LogP) is -4.14. The number of rotatable bonds is 14. The maximum Gasteiger partial charge on any atom is 1.00 e. The van der Waals surface area contributed by atoms with Gasteiger partial charge in [0.25, 0.3) is 5.91 Å². The quantitative estimate of drug-likeness (QED) is 0.0159. The summed E-state index contributed by atoms with van der Waals surface area (Å²) < 4.78 is 49.6. The van der Waals surface area contributed by atoms with E-state index in [1.807, 2.05) is 0 Å². The molecule has 0 heterocycles. The summed E-state index contributed by atoms with van der Waals surface area (Å²) in [6.45, 7) is 1.19. The van der Waals surface area contributed by atoms with Gasteiger partial charge in [0.2, 0.25) is 0 Å². The molecule has 0 saturated carbocycles. The molecule has 0 aliphatic heterocycles. The number of hydrogen-bond acceptors (Lipinski definition) is 19. The van der Waals surface area contributed by atoms with Crippen LogP contribution in [0.3, 0.4) is 0 Å². The smallest absolute Gasteiger partial charge is 0.744 e. The molecule has 263 valence electrons. The Balaban J connectivity index is 0.00000650. The van der Waals surface area contributed by atoms with Crippen LogP contribution in [0.5, 0.6) is 11.5 Å². The zero-order valence-electron chi connectivity index (χ0n) is 27.6. The van der Waals surface area contributed by atoms with Crippen molar-refractivity contribution in [3.63, 3.8) is 0 Å². The number of amides is 1. The molecule has 0 unspecified atom stereocenters. The second-order valence-electron chi connectivity index (χ2n) is 9.04. The normalized spacial score (nSPS) is 11.6. The van der Waals surface area contributed by atoms with Crippen molar-refractivity contribution in [1.82, 2.24) is 0 Å². The zero-order chi connectivity index (χ0) is 34.8. The van der Waals surface area contributed by atoms with E-state index in [9.17, 15) is 38.5 Å². The minimum absolute atomic E-state index is 0. The van der Waals surface area contributed by atoms with Crippen LogP contribution in [-0.2, 0) is 50.7 Å². The van der Waals surface area contributed by atoms with Gasteiger partial charge in [-0.05, 0) is 66.9 Å². The van der Waals surface area contributed by atoms with Gasteiger partial charge in [0.15, 0.2) is 5.70 Å². The molecule has 4 aromatic rings. The SMILES string of the molecule is COc1cc(N=Nc2ccc3cc(SOO[O-])cc(S(=O)(=O)[O-])c3c2)ccc1NC(=O)C(N=Nc1cc(SOO[O-])ccc1O)=C(C)O.[Cu].[Na+].[Na+].[Na+]. The van der Waals surface area contributed by atoms with Crippen LogP contribution in [0, 0.1) is 0 Å². The number of phenols is 1. The molecule has 0 spiro atoms. The molecule has 0 atom stereocenters. The van der Waals surface area contributed by atoms with Crippen molar-refractivity contribution in [2.45, 2.75) is 21.6 Å². The van der Waals surface area contributed by atoms with Crippen LogP contribution in [0.25, 0.3) is 10.8 Å². The fraction of sp³-hybridized carbons (Fsp3) is 0.0741. The number of carbonyl (C=O) groups is 1. The summed E-state index contributed by atoms with van der Waals surface area (Å²) in [6.07, 6.45) is 0. The Hall–Kier alpha value is -1.16. The Morgan fingerprint density at radius 1 is 0.846 bits per heavy atom. The first-order valence-corrected chi connectivity index (χ1v) is 15.7. The minimum Gasteiger partial charge on any atom is -0.744 e. The number of hydrogen-bond donors (Lipinski definition) is 3. The number of aliphatic hydroxyl groups excluding tert-OH is 1. The summed E-state index contributed by atoms with van der Waals surface area (Å²) >= 11 is 0.962. The van der Waals surface area contributed by atoms with Crippen LogP contribution in [-0.4, -0.2) is 36.2 Å². The number of nitrogens with zero attached hydrogens (tertiary/aromatic N) is 4. The number of fused-ring (bicyclic) bond motifs is 1. The molecule has 0 fully saturated rings. The summed E-state index contributed by atoms with van der Waals surface area (Å²) in [5, 5.41) is 65.6. The largest absolute Gasteiger partial charge is 1.00 e. The Kier molecular flexibility index (Phi) is 23.8. The zero-order valence-corrected chi connectivity index (χ0v) is 36.9. The van der Waals surface area contributed by atoms with Gasteiger partial charge in [0.1, 0.15) is 33.1 Å². The van der Waals surface area contributed by atoms with E-state index in [4.69, 9.17) is 4.74 Å². The Bertz CT molecular complexity index is 2040. The van der Waals surface area contributed by atoms with E-state index in [1.165, 1.54) is 74.7 Å². The van der Waals surface area contributed by atoms with E-state index in [0.717, 1.165) is 6.07 Å². The molecule has 1 radical (unpaired) electrons. The van der Waals surface area contributed by atoms with E-state index < -0.39 is 32.4 Å². The topological polar surface area (TPSA) is 268 Å². The van der Waals surface area contributed by atoms with Crippen molar-refractivity contribution in [3.05, 3.63) is 78.2 Å². The van der Waals surface area contributed by atoms with Crippen molar-refractivity contribution in [3.8, 4) is 11.5 Å². The fourth-order valence-corrected chi connectivity index (χ4v) is 5.50. The van der Waals surface area contributed by atoms with Gasteiger partial charge in [0.05, 0.1) is 53.2 Å². The van der Waals surface area contributed by atoms with Gasteiger partial charge in [0, 0.05) is 38.3 Å². The second kappa shape index (κ2) is 24.4. The number of aliphatic hydroxyl groups is 1. The molecule has 0 saturated heterocycles. The number of benzene rings is 4. The molecule has 0 bridgehead atoms. The van der Waals surface area contributed by atoms with Crippen molar-refractivity contribution >= 4 is 73.6 Å². The average Bonchev–Trinajstić information content (AvgIpc) is 3.06. The maximum atomic E-state index is 13.0. The minimum atomic E-state index is -4.94. The van der Waals surface area contributed by atoms with E-state index in [2.05, 4.69) is 44.5 Å². The molecule has 4 rings (SSSR count). The molecule has 1 amide bonds. The molecule has 0 aliphatic carbocycles. The van der Waals surface area contributed by atoms with Crippen LogP contribution in [0.15, 0.2) is 113 Å². The molecule has 0 aromatic heterocycles. The molecular formula is C27H20CuN5Na3O13S3. The third-order valence-corrected chi connectivity index (χ3v) is 7.93. The maximum absolute atomic E-state index is 13.0. The molecule has 18 nitrogen and oxygen atoms in total. The molecule has 4 aromatic carbocycles. The number of azo groups is 2. The Morgan fingerprint density at radius 3 is 2.06 bits per heavy atom. The molecule has 3 N–H and O–H groups in total. The number of nitrogens with one attached hydrogen (secondary N) is 1. The fourth-order valence-electron chi connectivity index (χ4n) is 3.87. The van der Waals surface area contributed by atoms with Crippen molar-refractivity contribution in [2.75, 3.05) is 12.4 Å². The molecule has 25 heteroatoms. The van der Waals surface area contributed by atoms with Crippen molar-refractivity contribution in [1.29, 1.82) is 0 Å². The molecule has 0 aliphatic rings. The first kappa shape index (κ1) is 50.8. The van der Waals surface area contributed by atoms with Crippen LogP contribution < -0.4 is 109 Å². The van der Waals surface area contributed by atoms with Gasteiger partial charge in [-0.15, -0.1) is 10.2 Å². The predicted molar refractivity (Wildman–Crippen MR) is 162 cm³/mol. The van der Waals surface area contributed by atoms with Crippen molar-refractivity contribution in [2.24, 2.45) is 20.5 Å². The summed E-state index contributed by atoms with van der Waals surface area (Å²) in [6, 6.07) is 15.0. The van der Waals surface area contributed by atoms with E-state index in [-0.39, 0.29) is 150 Å². The van der Waals surface area contributed by atoms with Gasteiger partial charge in [-0.25, -0.2) is 8.42 Å². The van der Waals surface area contributed by atoms with Gasteiger partial charge < -0.3 is 35.3 Å². The van der Waals surface area contributed by atoms with Gasteiger partial charge in [-0.1, -0.05) is 6.07 Å². The van der Waals surface area contributed by atoms with Crippen molar-refractivity contribution < 1.29 is 168 Å². The van der Waals surface area contributed by atoms with Crippen LogP contribution in [0.4, 0.5) is 22.7 Å². The summed E-state index contributed by atoms with van der Waals surface area (Å²) in [5.41, 5.74) is -0.0534. The first-order chi connectivity index (χ1) is 22.9.